The number of carboxylic acid groups (broad SMARTS) is 1. The minimum atomic E-state index is -1.07. The number of rotatable bonds is 5. The minimum absolute atomic E-state index is 0.0462. The molecule has 0 aliphatic carbocycles. The summed E-state index contributed by atoms with van der Waals surface area (Å²) >= 11 is 1.39. The number of nitrogens with zero attached hydrogens (tertiary/aromatic N) is 1. The van der Waals surface area contributed by atoms with Crippen molar-refractivity contribution in [1.29, 1.82) is 0 Å². The highest BCUT2D eigenvalue weighted by Crippen LogP contribution is 2.45. The van der Waals surface area contributed by atoms with E-state index in [1.165, 1.54) is 16.7 Å². The number of hydrogen-bond donors (Lipinski definition) is 2. The smallest absolute Gasteiger partial charge is 0.353 e. The zero-order valence-corrected chi connectivity index (χ0v) is 9.33. The van der Waals surface area contributed by atoms with E-state index in [1.807, 2.05) is 0 Å². The fourth-order valence-electron chi connectivity index (χ4n) is 1.68. The predicted molar refractivity (Wildman–Crippen MR) is 57.4 cm³/mol. The number of thioether (sulfide) groups is 1. The zero-order valence-electron chi connectivity index (χ0n) is 8.51. The largest absolute Gasteiger partial charge is 0.477 e. The lowest BCUT2D eigenvalue weighted by Crippen LogP contribution is -2.48. The Morgan fingerprint density at radius 2 is 2.44 bits per heavy atom. The van der Waals surface area contributed by atoms with Gasteiger partial charge in [-0.1, -0.05) is 11.8 Å². The van der Waals surface area contributed by atoms with E-state index in [4.69, 9.17) is 15.6 Å². The van der Waals surface area contributed by atoms with E-state index in [2.05, 4.69) is 0 Å². The van der Waals surface area contributed by atoms with Crippen molar-refractivity contribution in [2.45, 2.75) is 11.8 Å². The lowest BCUT2D eigenvalue weighted by atomic mass is 10.1. The summed E-state index contributed by atoms with van der Waals surface area (Å²) in [6, 6.07) is 0. The normalized spacial score (nSPS) is 23.4. The Morgan fingerprint density at radius 3 is 3.00 bits per heavy atom. The molecule has 0 radical (unpaired) electrons. The number of β-lactam (4-membered cyclic amide) rings is 1. The topological polar surface area (TPSA) is 92.9 Å². The number of carbonyl (C=O) groups is 2. The van der Waals surface area contributed by atoms with Gasteiger partial charge in [0, 0.05) is 11.4 Å². The van der Waals surface area contributed by atoms with Gasteiger partial charge in [0.25, 0.3) is 0 Å². The van der Waals surface area contributed by atoms with Crippen molar-refractivity contribution in [3.05, 3.63) is 10.6 Å². The summed E-state index contributed by atoms with van der Waals surface area (Å²) in [4.78, 5) is 24.2. The first kappa shape index (κ1) is 11.4. The number of carboxylic acids is 1. The third kappa shape index (κ3) is 1.81. The molecule has 3 N–H and O–H groups in total. The highest BCUT2D eigenvalue weighted by molar-refractivity contribution is 8.04. The van der Waals surface area contributed by atoms with Gasteiger partial charge in [-0.05, 0) is 0 Å². The van der Waals surface area contributed by atoms with Crippen molar-refractivity contribution in [3.8, 4) is 0 Å². The van der Waals surface area contributed by atoms with Crippen LogP contribution in [0.5, 0.6) is 0 Å². The average molecular weight is 244 g/mol. The van der Waals surface area contributed by atoms with Crippen LogP contribution in [-0.2, 0) is 14.3 Å². The molecule has 0 aromatic carbocycles. The van der Waals surface area contributed by atoms with Crippen molar-refractivity contribution in [2.24, 2.45) is 5.73 Å². The van der Waals surface area contributed by atoms with Crippen molar-refractivity contribution in [3.63, 3.8) is 0 Å². The fraction of sp³-hybridized carbons (Fsp3) is 0.556. The summed E-state index contributed by atoms with van der Waals surface area (Å²) in [6.45, 7) is 0.992. The van der Waals surface area contributed by atoms with Crippen LogP contribution in [0.2, 0.25) is 0 Å². The third-order valence-corrected chi connectivity index (χ3v) is 3.63. The standard InChI is InChI=1S/C9H12N2O4S/c10-1-2-15-4-5-8(9(13)14)11-6(12)3-7(11)16-5/h7H,1-4,10H2,(H,13,14)/t7-/m1/s1. The molecule has 1 atom stereocenters. The summed E-state index contributed by atoms with van der Waals surface area (Å²) in [5.41, 5.74) is 5.34. The molecule has 16 heavy (non-hydrogen) atoms. The number of fused-ring (bicyclic) bond motifs is 1. The van der Waals surface area contributed by atoms with Crippen LogP contribution in [0.15, 0.2) is 10.6 Å². The van der Waals surface area contributed by atoms with Crippen molar-refractivity contribution < 1.29 is 19.4 Å². The van der Waals surface area contributed by atoms with E-state index >= 15 is 0 Å². The van der Waals surface area contributed by atoms with Gasteiger partial charge in [0.05, 0.1) is 25.0 Å². The Labute approximate surface area is 96.4 Å². The number of ether oxygens (including phenoxy) is 1. The summed E-state index contributed by atoms with van der Waals surface area (Å²) in [5, 5.41) is 8.99. The summed E-state index contributed by atoms with van der Waals surface area (Å²) in [7, 11) is 0. The predicted octanol–water partition coefficient (Wildman–Crippen LogP) is -0.437. The molecule has 0 bridgehead atoms. The monoisotopic (exact) mass is 244 g/mol. The maximum absolute atomic E-state index is 11.3. The highest BCUT2D eigenvalue weighted by Gasteiger charge is 2.48. The molecule has 1 fully saturated rings. The summed E-state index contributed by atoms with van der Waals surface area (Å²) in [5.74, 6) is -1.21. The molecule has 0 saturated carbocycles. The molecule has 0 aromatic rings. The number of nitrogens with two attached hydrogens (primary N) is 1. The molecule has 2 aliphatic heterocycles. The van der Waals surface area contributed by atoms with E-state index in [-0.39, 0.29) is 23.6 Å². The highest BCUT2D eigenvalue weighted by atomic mass is 32.2. The average Bonchev–Trinajstić information content (AvgIpc) is 2.52. The van der Waals surface area contributed by atoms with Crippen LogP contribution in [0.4, 0.5) is 0 Å². The van der Waals surface area contributed by atoms with Gasteiger partial charge in [-0.15, -0.1) is 0 Å². The van der Waals surface area contributed by atoms with E-state index in [9.17, 15) is 9.59 Å². The molecule has 0 spiro atoms. The summed E-state index contributed by atoms with van der Waals surface area (Å²) in [6.07, 6.45) is 0.405. The number of amides is 1. The van der Waals surface area contributed by atoms with Crippen LogP contribution in [0.1, 0.15) is 6.42 Å². The van der Waals surface area contributed by atoms with E-state index < -0.39 is 5.97 Å². The Balaban J connectivity index is 2.09. The van der Waals surface area contributed by atoms with Gasteiger partial charge in [0.15, 0.2) is 0 Å². The first-order valence-corrected chi connectivity index (χ1v) is 5.76. The van der Waals surface area contributed by atoms with Gasteiger partial charge in [0.2, 0.25) is 5.91 Å². The van der Waals surface area contributed by atoms with Crippen LogP contribution in [0.3, 0.4) is 0 Å². The summed E-state index contributed by atoms with van der Waals surface area (Å²) < 4.78 is 5.20. The second kappa shape index (κ2) is 4.44. The SMILES string of the molecule is NCCOCC1=C(C(=O)O)N2C(=O)C[C@H]2S1. The Hall–Kier alpha value is -1.05. The van der Waals surface area contributed by atoms with Crippen LogP contribution >= 0.6 is 11.8 Å². The van der Waals surface area contributed by atoms with E-state index in [0.717, 1.165) is 0 Å². The Bertz CT molecular complexity index is 369. The molecule has 2 heterocycles. The molecule has 2 rings (SSSR count). The van der Waals surface area contributed by atoms with Crippen LogP contribution < -0.4 is 5.73 Å². The van der Waals surface area contributed by atoms with Crippen molar-refractivity contribution >= 4 is 23.6 Å². The molecule has 1 saturated heterocycles. The number of hydrogen-bond acceptors (Lipinski definition) is 5. The molecular formula is C9H12N2O4S. The lowest BCUT2D eigenvalue weighted by molar-refractivity contribution is -0.145. The van der Waals surface area contributed by atoms with Gasteiger partial charge in [0.1, 0.15) is 5.70 Å². The van der Waals surface area contributed by atoms with E-state index in [0.29, 0.717) is 24.5 Å². The quantitative estimate of drug-likeness (QED) is 0.503. The van der Waals surface area contributed by atoms with E-state index in [1.54, 1.807) is 0 Å². The molecule has 2 aliphatic rings. The van der Waals surface area contributed by atoms with Gasteiger partial charge < -0.3 is 15.6 Å². The lowest BCUT2D eigenvalue weighted by Gasteiger charge is -2.33. The first-order valence-electron chi connectivity index (χ1n) is 4.88. The zero-order chi connectivity index (χ0) is 11.7. The van der Waals surface area contributed by atoms with Crippen molar-refractivity contribution in [1.82, 2.24) is 4.90 Å². The van der Waals surface area contributed by atoms with Gasteiger partial charge in [-0.25, -0.2) is 4.79 Å². The molecule has 88 valence electrons. The van der Waals surface area contributed by atoms with Gasteiger partial charge in [-0.3, -0.25) is 9.69 Å². The molecule has 1 amide bonds. The maximum atomic E-state index is 11.3. The Kier molecular flexibility index (Phi) is 3.17. The maximum Gasteiger partial charge on any atom is 0.353 e. The van der Waals surface area contributed by atoms with Gasteiger partial charge in [-0.2, -0.15) is 0 Å². The Morgan fingerprint density at radius 1 is 1.69 bits per heavy atom. The van der Waals surface area contributed by atoms with Crippen LogP contribution in [0.25, 0.3) is 0 Å². The fourth-order valence-corrected chi connectivity index (χ4v) is 3.01. The number of aliphatic carboxylic acids is 1. The van der Waals surface area contributed by atoms with Crippen molar-refractivity contribution in [2.75, 3.05) is 19.8 Å². The minimum Gasteiger partial charge on any atom is -0.477 e. The molecule has 0 aromatic heterocycles. The third-order valence-electron chi connectivity index (χ3n) is 2.39. The second-order valence-electron chi connectivity index (χ2n) is 3.46. The molecule has 0 unspecified atom stereocenters. The van der Waals surface area contributed by atoms with Crippen LogP contribution in [-0.4, -0.2) is 47.0 Å². The molecule has 7 heteroatoms. The van der Waals surface area contributed by atoms with Crippen LogP contribution in [0, 0.1) is 0 Å². The second-order valence-corrected chi connectivity index (χ2v) is 4.73. The molecule has 6 nitrogen and oxygen atoms in total. The molecular weight excluding hydrogens is 232 g/mol. The van der Waals surface area contributed by atoms with Gasteiger partial charge >= 0.3 is 5.97 Å². The first-order chi connectivity index (χ1) is 7.65. The number of carbonyl (C=O) groups excluding carboxylic acids is 1.